The van der Waals surface area contributed by atoms with Crippen LogP contribution >= 0.6 is 0 Å². The summed E-state index contributed by atoms with van der Waals surface area (Å²) in [6, 6.07) is 7.67. The van der Waals surface area contributed by atoms with Crippen LogP contribution in [-0.4, -0.2) is 32.1 Å². The molecule has 0 atom stereocenters. The topological polar surface area (TPSA) is 86.8 Å². The summed E-state index contributed by atoms with van der Waals surface area (Å²) in [5, 5.41) is 17.0. The van der Waals surface area contributed by atoms with Crippen LogP contribution in [0.3, 0.4) is 0 Å². The van der Waals surface area contributed by atoms with Gasteiger partial charge in [0.1, 0.15) is 11.9 Å². The highest BCUT2D eigenvalue weighted by atomic mass is 16.2. The van der Waals surface area contributed by atoms with Gasteiger partial charge in [-0.3, -0.25) is 9.48 Å². The standard InChI is InChI=1S/C19H22N6O/c20-11-15-6-2-7-21-18(15)22-12-16-10-17-13-24(8-3-9-25(17)23-16)19(26)14-4-1-5-14/h2,6-7,10,14H,1,3-5,8-9,12-13H2,(H,21,22). The fraction of sp³-hybridized carbons (Fsp3) is 0.474. The van der Waals surface area contributed by atoms with E-state index in [-0.39, 0.29) is 5.92 Å². The van der Waals surface area contributed by atoms with Crippen LogP contribution in [0.15, 0.2) is 24.4 Å². The first-order chi connectivity index (χ1) is 12.7. The summed E-state index contributed by atoms with van der Waals surface area (Å²) in [7, 11) is 0. The highest BCUT2D eigenvalue weighted by Gasteiger charge is 2.30. The molecule has 0 bridgehead atoms. The molecular formula is C19H22N6O. The number of nitriles is 1. The first kappa shape index (κ1) is 16.6. The molecule has 4 rings (SSSR count). The number of nitrogens with zero attached hydrogens (tertiary/aromatic N) is 5. The molecule has 7 heteroatoms. The molecule has 134 valence electrons. The summed E-state index contributed by atoms with van der Waals surface area (Å²) in [6.45, 7) is 2.78. The van der Waals surface area contributed by atoms with Crippen molar-refractivity contribution in [3.05, 3.63) is 41.3 Å². The summed E-state index contributed by atoms with van der Waals surface area (Å²) in [4.78, 5) is 18.8. The van der Waals surface area contributed by atoms with Crippen molar-refractivity contribution in [2.45, 2.75) is 45.3 Å². The molecular weight excluding hydrogens is 328 g/mol. The SMILES string of the molecule is N#Cc1cccnc1NCc1cc2n(n1)CCCN(C(=O)C1CCC1)C2. The van der Waals surface area contributed by atoms with Crippen molar-refractivity contribution in [1.82, 2.24) is 19.7 Å². The molecule has 3 heterocycles. The van der Waals surface area contributed by atoms with E-state index in [0.717, 1.165) is 43.7 Å². The van der Waals surface area contributed by atoms with Gasteiger partial charge in [0, 0.05) is 25.2 Å². The van der Waals surface area contributed by atoms with Gasteiger partial charge in [-0.15, -0.1) is 0 Å². The minimum atomic E-state index is 0.235. The molecule has 0 aromatic carbocycles. The Balaban J connectivity index is 1.44. The molecule has 1 aliphatic heterocycles. The van der Waals surface area contributed by atoms with Gasteiger partial charge in [-0.1, -0.05) is 6.42 Å². The van der Waals surface area contributed by atoms with Crippen LogP contribution in [0.25, 0.3) is 0 Å². The summed E-state index contributed by atoms with van der Waals surface area (Å²) in [6.07, 6.45) is 5.84. The molecule has 0 unspecified atom stereocenters. The third kappa shape index (κ3) is 3.27. The average molecular weight is 350 g/mol. The van der Waals surface area contributed by atoms with Gasteiger partial charge in [-0.2, -0.15) is 10.4 Å². The number of carbonyl (C=O) groups excluding carboxylic acids is 1. The lowest BCUT2D eigenvalue weighted by atomic mass is 9.84. The van der Waals surface area contributed by atoms with Gasteiger partial charge in [-0.05, 0) is 37.5 Å². The van der Waals surface area contributed by atoms with Crippen molar-refractivity contribution in [1.29, 1.82) is 5.26 Å². The minimum absolute atomic E-state index is 0.235. The molecule has 2 aromatic heterocycles. The van der Waals surface area contributed by atoms with E-state index in [1.807, 2.05) is 15.6 Å². The lowest BCUT2D eigenvalue weighted by Gasteiger charge is -2.30. The highest BCUT2D eigenvalue weighted by Crippen LogP contribution is 2.29. The molecule has 1 aliphatic carbocycles. The van der Waals surface area contributed by atoms with E-state index >= 15 is 0 Å². The van der Waals surface area contributed by atoms with Crippen molar-refractivity contribution < 1.29 is 4.79 Å². The van der Waals surface area contributed by atoms with Crippen LogP contribution in [0.4, 0.5) is 5.82 Å². The Hall–Kier alpha value is -2.88. The number of carbonyl (C=O) groups is 1. The van der Waals surface area contributed by atoms with Gasteiger partial charge in [-0.25, -0.2) is 4.98 Å². The highest BCUT2D eigenvalue weighted by molar-refractivity contribution is 5.79. The normalized spacial score (nSPS) is 17.0. The number of aryl methyl sites for hydroxylation is 1. The zero-order valence-corrected chi connectivity index (χ0v) is 14.7. The van der Waals surface area contributed by atoms with E-state index < -0.39 is 0 Å². The van der Waals surface area contributed by atoms with Crippen LogP contribution < -0.4 is 5.32 Å². The van der Waals surface area contributed by atoms with E-state index in [1.165, 1.54) is 6.42 Å². The number of pyridine rings is 1. The van der Waals surface area contributed by atoms with E-state index in [0.29, 0.717) is 30.4 Å². The van der Waals surface area contributed by atoms with E-state index in [9.17, 15) is 4.79 Å². The number of hydrogen-bond acceptors (Lipinski definition) is 5. The predicted molar refractivity (Wildman–Crippen MR) is 95.9 cm³/mol. The Bertz CT molecular complexity index is 848. The fourth-order valence-corrected chi connectivity index (χ4v) is 3.52. The summed E-state index contributed by atoms with van der Waals surface area (Å²) in [5.41, 5.74) is 2.49. The zero-order valence-electron chi connectivity index (χ0n) is 14.7. The quantitative estimate of drug-likeness (QED) is 0.914. The van der Waals surface area contributed by atoms with Crippen molar-refractivity contribution in [2.75, 3.05) is 11.9 Å². The Kier molecular flexibility index (Phi) is 4.57. The summed E-state index contributed by atoms with van der Waals surface area (Å²) < 4.78 is 2.01. The number of anilines is 1. The van der Waals surface area contributed by atoms with Crippen molar-refractivity contribution in [3.63, 3.8) is 0 Å². The maximum absolute atomic E-state index is 12.6. The molecule has 2 aliphatic rings. The number of rotatable bonds is 4. The van der Waals surface area contributed by atoms with Crippen molar-refractivity contribution in [2.24, 2.45) is 5.92 Å². The Morgan fingerprint density at radius 3 is 3.00 bits per heavy atom. The smallest absolute Gasteiger partial charge is 0.226 e. The van der Waals surface area contributed by atoms with Gasteiger partial charge in [0.05, 0.1) is 30.0 Å². The Labute approximate surface area is 152 Å². The fourth-order valence-electron chi connectivity index (χ4n) is 3.52. The largest absolute Gasteiger partial charge is 0.363 e. The first-order valence-electron chi connectivity index (χ1n) is 9.18. The van der Waals surface area contributed by atoms with E-state index in [1.54, 1.807) is 18.3 Å². The van der Waals surface area contributed by atoms with Gasteiger partial charge in [0.2, 0.25) is 5.91 Å². The summed E-state index contributed by atoms with van der Waals surface area (Å²) in [5.74, 6) is 1.11. The molecule has 0 saturated heterocycles. The van der Waals surface area contributed by atoms with Crippen LogP contribution in [-0.2, 0) is 24.4 Å². The van der Waals surface area contributed by atoms with Gasteiger partial charge < -0.3 is 10.2 Å². The van der Waals surface area contributed by atoms with E-state index in [2.05, 4.69) is 21.5 Å². The van der Waals surface area contributed by atoms with Gasteiger partial charge in [0.25, 0.3) is 0 Å². The lowest BCUT2D eigenvalue weighted by Crippen LogP contribution is -2.38. The molecule has 0 spiro atoms. The number of aromatic nitrogens is 3. The third-order valence-corrected chi connectivity index (χ3v) is 5.20. The molecule has 1 fully saturated rings. The Morgan fingerprint density at radius 1 is 1.35 bits per heavy atom. The molecule has 1 saturated carbocycles. The number of hydrogen-bond donors (Lipinski definition) is 1. The van der Waals surface area contributed by atoms with Crippen molar-refractivity contribution in [3.8, 4) is 6.07 Å². The van der Waals surface area contributed by atoms with Crippen LogP contribution in [0.5, 0.6) is 0 Å². The Morgan fingerprint density at radius 2 is 2.23 bits per heavy atom. The second-order valence-electron chi connectivity index (χ2n) is 6.96. The second kappa shape index (κ2) is 7.16. The first-order valence-corrected chi connectivity index (χ1v) is 9.18. The number of nitrogens with one attached hydrogen (secondary N) is 1. The second-order valence-corrected chi connectivity index (χ2v) is 6.96. The lowest BCUT2D eigenvalue weighted by molar-refractivity contribution is -0.138. The van der Waals surface area contributed by atoms with Crippen molar-refractivity contribution >= 4 is 11.7 Å². The number of amides is 1. The van der Waals surface area contributed by atoms with Gasteiger partial charge >= 0.3 is 0 Å². The number of fused-ring (bicyclic) bond motifs is 1. The molecule has 0 radical (unpaired) electrons. The predicted octanol–water partition coefficient (Wildman–Crippen LogP) is 2.29. The molecule has 26 heavy (non-hydrogen) atoms. The molecule has 2 aromatic rings. The minimum Gasteiger partial charge on any atom is -0.363 e. The average Bonchev–Trinajstić information content (AvgIpc) is 2.88. The zero-order chi connectivity index (χ0) is 17.9. The molecule has 1 amide bonds. The van der Waals surface area contributed by atoms with Crippen LogP contribution in [0, 0.1) is 17.2 Å². The van der Waals surface area contributed by atoms with E-state index in [4.69, 9.17) is 5.26 Å². The third-order valence-electron chi connectivity index (χ3n) is 5.20. The monoisotopic (exact) mass is 350 g/mol. The maximum atomic E-state index is 12.6. The maximum Gasteiger partial charge on any atom is 0.226 e. The van der Waals surface area contributed by atoms with Crippen LogP contribution in [0.1, 0.15) is 42.6 Å². The summed E-state index contributed by atoms with van der Waals surface area (Å²) >= 11 is 0. The van der Waals surface area contributed by atoms with Gasteiger partial charge in [0.15, 0.2) is 0 Å². The molecule has 7 nitrogen and oxygen atoms in total. The van der Waals surface area contributed by atoms with Crippen LogP contribution in [0.2, 0.25) is 0 Å². The molecule has 1 N–H and O–H groups in total.